The topological polar surface area (TPSA) is 118 Å². The molecule has 4 N–H and O–H groups in total. The summed E-state index contributed by atoms with van der Waals surface area (Å²) < 4.78 is 15.8. The average Bonchev–Trinajstić information content (AvgIpc) is 2.77. The maximum absolute atomic E-state index is 6.01. The number of anilines is 2. The number of halogens is 1. The largest absolute Gasteiger partial charge is 0.497 e. The van der Waals surface area contributed by atoms with Crippen molar-refractivity contribution < 1.29 is 43.4 Å². The summed E-state index contributed by atoms with van der Waals surface area (Å²) in [5.41, 5.74) is 15.1. The van der Waals surface area contributed by atoms with E-state index in [1.807, 2.05) is 25.1 Å². The average molecular weight is 692 g/mol. The van der Waals surface area contributed by atoms with Gasteiger partial charge in [-0.25, -0.2) is 4.98 Å². The molecule has 4 rings (SSSR count). The van der Waals surface area contributed by atoms with Crippen molar-refractivity contribution in [2.75, 3.05) is 38.9 Å². The van der Waals surface area contributed by atoms with E-state index < -0.39 is 0 Å². The minimum absolute atomic E-state index is 0. The van der Waals surface area contributed by atoms with Gasteiger partial charge in [0.1, 0.15) is 17.3 Å². The Balaban J connectivity index is 0.000000557. The summed E-state index contributed by atoms with van der Waals surface area (Å²) in [6.45, 7) is 3.97. The number of nitrogens with zero attached hydrogens (tertiary/aromatic N) is 3. The smallest absolute Gasteiger partial charge is 0.224 e. The van der Waals surface area contributed by atoms with Crippen LogP contribution in [0.5, 0.6) is 11.5 Å². The number of ether oxygens (including phenoxy) is 3. The van der Waals surface area contributed by atoms with Crippen molar-refractivity contribution in [1.29, 1.82) is 0 Å². The van der Waals surface area contributed by atoms with Gasteiger partial charge in [0.15, 0.2) is 5.65 Å². The molecule has 32 heavy (non-hydrogen) atoms. The summed E-state index contributed by atoms with van der Waals surface area (Å²) in [5, 5.41) is 0.726. The quantitative estimate of drug-likeness (QED) is 0.426. The standard InChI is InChI=1S/C17H19N5O2.C5H10O.ClH.Pu/c1-9-11(6-10-7-12(23-2)4-5-13(10)24-3)8-20-16-14(9)15(18)21-17(19)22-16;1-2-4-6-5-3-1;;/h4-5,7-8H,6H2,1-3H3,(H4,18,19,20,21,22);1-5H2;1H;. The fourth-order valence-corrected chi connectivity index (χ4v) is 3.42. The van der Waals surface area contributed by atoms with Crippen LogP contribution in [0.4, 0.5) is 11.8 Å². The van der Waals surface area contributed by atoms with Crippen molar-refractivity contribution in [1.82, 2.24) is 15.0 Å². The Morgan fingerprint density at radius 2 is 1.72 bits per heavy atom. The Kier molecular flexibility index (Phi) is 12.0. The van der Waals surface area contributed by atoms with E-state index in [1.165, 1.54) is 19.3 Å². The molecule has 0 bridgehead atoms. The Morgan fingerprint density at radius 1 is 1.00 bits per heavy atom. The summed E-state index contributed by atoms with van der Waals surface area (Å²) in [6.07, 6.45) is 6.33. The maximum Gasteiger partial charge on any atom is 0.224 e. The zero-order chi connectivity index (χ0) is 21.5. The third kappa shape index (κ3) is 7.08. The van der Waals surface area contributed by atoms with Gasteiger partial charge in [0.2, 0.25) is 5.95 Å². The zero-order valence-corrected chi connectivity index (χ0v) is 22.8. The molecule has 1 aliphatic rings. The number of hydrogen-bond donors (Lipinski definition) is 2. The van der Waals surface area contributed by atoms with Gasteiger partial charge >= 0.3 is 0 Å². The molecule has 10 heteroatoms. The monoisotopic (exact) mass is 685 g/mol. The number of rotatable bonds is 4. The number of aromatic nitrogens is 3. The molecule has 8 nitrogen and oxygen atoms in total. The molecule has 1 saturated heterocycles. The van der Waals surface area contributed by atoms with Crippen LogP contribution in [0.3, 0.4) is 0 Å². The third-order valence-electron chi connectivity index (χ3n) is 5.08. The second-order valence-corrected chi connectivity index (χ2v) is 7.10. The van der Waals surface area contributed by atoms with E-state index in [0.717, 1.165) is 46.8 Å². The van der Waals surface area contributed by atoms with Gasteiger partial charge in [-0.3, -0.25) is 0 Å². The molecule has 0 spiro atoms. The molecule has 2 aromatic heterocycles. The van der Waals surface area contributed by atoms with Gasteiger partial charge in [0.05, 0.1) is 19.6 Å². The van der Waals surface area contributed by atoms with Gasteiger partial charge in [-0.15, -0.1) is 12.4 Å². The number of fused-ring (bicyclic) bond motifs is 1. The molecule has 0 radical (unpaired) electrons. The van der Waals surface area contributed by atoms with Crippen molar-refractivity contribution in [2.45, 2.75) is 32.6 Å². The number of nitrogens with two attached hydrogens (primary N) is 2. The van der Waals surface area contributed by atoms with Crippen LogP contribution in [0.2, 0.25) is 0 Å². The summed E-state index contributed by atoms with van der Waals surface area (Å²) in [7, 11) is 3.28. The predicted octanol–water partition coefficient (Wildman–Crippen LogP) is 3.71. The zero-order valence-electron chi connectivity index (χ0n) is 18.6. The fraction of sp³-hybridized carbons (Fsp3) is 0.409. The van der Waals surface area contributed by atoms with E-state index in [0.29, 0.717) is 17.9 Å². The van der Waals surface area contributed by atoms with Gasteiger partial charge in [0, 0.05) is 60.6 Å². The van der Waals surface area contributed by atoms with Gasteiger partial charge < -0.3 is 25.7 Å². The number of nitrogen functional groups attached to an aromatic ring is 2. The molecule has 0 amide bonds. The fourth-order valence-electron chi connectivity index (χ4n) is 3.42. The van der Waals surface area contributed by atoms with E-state index >= 15 is 0 Å². The van der Waals surface area contributed by atoms with Crippen LogP contribution >= 0.6 is 12.4 Å². The summed E-state index contributed by atoms with van der Waals surface area (Å²) in [6, 6.07) is 5.70. The first-order valence-corrected chi connectivity index (χ1v) is 9.99. The predicted molar refractivity (Wildman–Crippen MR) is 125 cm³/mol. The molecule has 0 aliphatic carbocycles. The van der Waals surface area contributed by atoms with Gasteiger partial charge in [-0.1, -0.05) is 0 Å². The van der Waals surface area contributed by atoms with Crippen molar-refractivity contribution in [3.05, 3.63) is 41.1 Å². The first-order chi connectivity index (χ1) is 14.5. The van der Waals surface area contributed by atoms with Crippen LogP contribution < -0.4 is 20.9 Å². The molecule has 1 aromatic carbocycles. The van der Waals surface area contributed by atoms with Gasteiger partial charge in [-0.2, -0.15) is 9.97 Å². The molecule has 174 valence electrons. The first-order valence-electron chi connectivity index (χ1n) is 9.99. The van der Waals surface area contributed by atoms with Gasteiger partial charge in [-0.05, 0) is 55.5 Å². The first kappa shape index (κ1) is 28.2. The minimum atomic E-state index is 0. The summed E-state index contributed by atoms with van der Waals surface area (Å²) in [5.74, 6) is 2.01. The van der Waals surface area contributed by atoms with Gasteiger partial charge in [0.25, 0.3) is 0 Å². The number of benzene rings is 1. The molecule has 1 fully saturated rings. The van der Waals surface area contributed by atoms with Crippen LogP contribution in [0.1, 0.15) is 36.0 Å². The van der Waals surface area contributed by atoms with Crippen LogP contribution in [-0.4, -0.2) is 42.4 Å². The molecule has 1 aliphatic heterocycles. The molecule has 3 heterocycles. The molecule has 0 atom stereocenters. The number of aryl methyl sites for hydroxylation is 1. The van der Waals surface area contributed by atoms with Crippen LogP contribution in [0.25, 0.3) is 11.0 Å². The minimum Gasteiger partial charge on any atom is -0.497 e. The second kappa shape index (κ2) is 13.6. The summed E-state index contributed by atoms with van der Waals surface area (Å²) in [4.78, 5) is 12.5. The maximum atomic E-state index is 6.01. The SMILES string of the molecule is C1CCOCC1.COc1ccc(OC)c(Cc2cnc3nc(N)nc(N)c3c2C)c1.Cl.[Pu]. The number of methoxy groups -OCH3 is 2. The molecular weight excluding hydrogens is 662 g/mol. The van der Waals surface area contributed by atoms with E-state index in [1.54, 1.807) is 20.4 Å². The summed E-state index contributed by atoms with van der Waals surface area (Å²) >= 11 is 0. The van der Waals surface area contributed by atoms with E-state index in [9.17, 15) is 0 Å². The van der Waals surface area contributed by atoms with E-state index in [-0.39, 0.29) is 47.5 Å². The Bertz CT molecular complexity index is 1010. The van der Waals surface area contributed by atoms with Crippen LogP contribution in [0.15, 0.2) is 24.4 Å². The Labute approximate surface area is 216 Å². The van der Waals surface area contributed by atoms with Crippen molar-refractivity contribution in [3.63, 3.8) is 0 Å². The van der Waals surface area contributed by atoms with Crippen LogP contribution in [-0.2, 0) is 11.2 Å². The van der Waals surface area contributed by atoms with E-state index in [2.05, 4.69) is 15.0 Å². The molecule has 0 saturated carbocycles. The third-order valence-corrected chi connectivity index (χ3v) is 5.08. The van der Waals surface area contributed by atoms with Crippen molar-refractivity contribution >= 4 is 35.2 Å². The van der Waals surface area contributed by atoms with Crippen LogP contribution in [0, 0.1) is 36.1 Å². The molecule has 3 aromatic rings. The van der Waals surface area contributed by atoms with E-state index in [4.69, 9.17) is 25.7 Å². The molecule has 0 unspecified atom stereocenters. The second-order valence-electron chi connectivity index (χ2n) is 7.10. The number of pyridine rings is 1. The molecular formula is C22H30ClN5O3Pu. The number of hydrogen-bond acceptors (Lipinski definition) is 8. The normalized spacial score (nSPS) is 12.6. The van der Waals surface area contributed by atoms with Crippen molar-refractivity contribution in [3.8, 4) is 11.5 Å². The Morgan fingerprint density at radius 3 is 2.28 bits per heavy atom. The van der Waals surface area contributed by atoms with Crippen molar-refractivity contribution in [2.24, 2.45) is 0 Å². The Hall–Kier alpha value is -1.85.